The molecule has 2 heterocycles. The minimum atomic E-state index is -5.02. The van der Waals surface area contributed by atoms with Crippen LogP contribution in [-0.2, 0) is 18.9 Å². The molecule has 1 N–H and O–H groups in total. The Hall–Kier alpha value is -2.56. The van der Waals surface area contributed by atoms with E-state index >= 15 is 0 Å². The molecule has 138 valence electrons. The van der Waals surface area contributed by atoms with Crippen molar-refractivity contribution in [2.45, 2.75) is 18.9 Å². The van der Waals surface area contributed by atoms with E-state index in [4.69, 9.17) is 4.42 Å². The van der Waals surface area contributed by atoms with E-state index in [0.717, 1.165) is 0 Å². The summed E-state index contributed by atoms with van der Waals surface area (Å²) in [7, 11) is 0. The lowest BCUT2D eigenvalue weighted by Gasteiger charge is -2.11. The molecule has 0 fully saturated rings. The first-order chi connectivity index (χ1) is 12.1. The summed E-state index contributed by atoms with van der Waals surface area (Å²) < 4.78 is 82.4. The van der Waals surface area contributed by atoms with Crippen LogP contribution in [0, 0.1) is 0 Å². The van der Waals surface area contributed by atoms with Gasteiger partial charge in [-0.2, -0.15) is 26.3 Å². The number of aromatic nitrogens is 1. The summed E-state index contributed by atoms with van der Waals surface area (Å²) in [6, 6.07) is 3.65. The number of thiazole rings is 1. The van der Waals surface area contributed by atoms with E-state index in [9.17, 15) is 31.1 Å². The second-order valence-electron chi connectivity index (χ2n) is 5.15. The van der Waals surface area contributed by atoms with Crippen molar-refractivity contribution in [3.05, 3.63) is 52.4 Å². The van der Waals surface area contributed by atoms with Gasteiger partial charge in [0.2, 0.25) is 0 Å². The molecule has 0 unspecified atom stereocenters. The Kier molecular flexibility index (Phi) is 4.42. The van der Waals surface area contributed by atoms with Crippen LogP contribution in [-0.4, -0.2) is 10.9 Å². The average Bonchev–Trinajstić information content (AvgIpc) is 3.18. The zero-order valence-electron chi connectivity index (χ0n) is 12.5. The predicted molar refractivity (Wildman–Crippen MR) is 79.5 cm³/mol. The van der Waals surface area contributed by atoms with Crippen LogP contribution in [0.4, 0.5) is 26.3 Å². The Bertz CT molecular complexity index is 944. The Morgan fingerprint density at radius 1 is 1.15 bits per heavy atom. The fourth-order valence-corrected chi connectivity index (χ4v) is 3.16. The van der Waals surface area contributed by atoms with E-state index in [1.165, 1.54) is 6.26 Å². The van der Waals surface area contributed by atoms with Gasteiger partial charge < -0.3 is 9.73 Å². The van der Waals surface area contributed by atoms with Gasteiger partial charge in [0, 0.05) is 0 Å². The summed E-state index contributed by atoms with van der Waals surface area (Å²) in [5, 5.41) is 2.00. The molecule has 0 saturated heterocycles. The highest BCUT2D eigenvalue weighted by Crippen LogP contribution is 2.41. The molecule has 2 aromatic heterocycles. The molecule has 1 amide bonds. The molecule has 3 rings (SSSR count). The number of carbonyl (C=O) groups excluding carboxylic acids is 1. The Labute approximate surface area is 145 Å². The van der Waals surface area contributed by atoms with Gasteiger partial charge in [0.25, 0.3) is 5.91 Å². The fourth-order valence-electron chi connectivity index (χ4n) is 2.16. The molecule has 0 aliphatic rings. The molecule has 0 atom stereocenters. The minimum absolute atomic E-state index is 0.0189. The SMILES string of the molecule is O=C(NCc1ccco1)c1nc2cc(C(F)(F)F)cc(C(F)(F)F)c2s1. The van der Waals surface area contributed by atoms with Crippen molar-refractivity contribution in [3.63, 3.8) is 0 Å². The summed E-state index contributed by atoms with van der Waals surface area (Å²) in [6.45, 7) is -0.0400. The molecular weight excluding hydrogens is 386 g/mol. The molecule has 26 heavy (non-hydrogen) atoms. The van der Waals surface area contributed by atoms with Gasteiger partial charge in [0.15, 0.2) is 5.01 Å². The Balaban J connectivity index is 2.00. The van der Waals surface area contributed by atoms with E-state index in [1.54, 1.807) is 12.1 Å². The van der Waals surface area contributed by atoms with Gasteiger partial charge in [-0.3, -0.25) is 4.79 Å². The lowest BCUT2D eigenvalue weighted by molar-refractivity contribution is -0.142. The van der Waals surface area contributed by atoms with Gasteiger partial charge in [-0.15, -0.1) is 11.3 Å². The minimum Gasteiger partial charge on any atom is -0.467 e. The van der Waals surface area contributed by atoms with Crippen LogP contribution in [0.15, 0.2) is 34.9 Å². The van der Waals surface area contributed by atoms with Crippen molar-refractivity contribution in [3.8, 4) is 0 Å². The maximum Gasteiger partial charge on any atom is 0.417 e. The first-order valence-corrected chi connectivity index (χ1v) is 7.77. The fraction of sp³-hybridized carbons (Fsp3) is 0.200. The van der Waals surface area contributed by atoms with Crippen molar-refractivity contribution < 1.29 is 35.6 Å². The number of benzene rings is 1. The third-order valence-electron chi connectivity index (χ3n) is 3.32. The predicted octanol–water partition coefficient (Wildman–Crippen LogP) is 4.86. The summed E-state index contributed by atoms with van der Waals surface area (Å²) in [5.41, 5.74) is -3.50. The normalized spacial score (nSPS) is 12.5. The molecule has 0 aliphatic heterocycles. The van der Waals surface area contributed by atoms with E-state index in [-0.39, 0.29) is 17.6 Å². The zero-order valence-corrected chi connectivity index (χ0v) is 13.4. The van der Waals surface area contributed by atoms with Gasteiger partial charge in [0.1, 0.15) is 5.76 Å². The molecule has 3 aromatic rings. The van der Waals surface area contributed by atoms with Gasteiger partial charge >= 0.3 is 12.4 Å². The number of amides is 1. The van der Waals surface area contributed by atoms with Crippen LogP contribution in [0.2, 0.25) is 0 Å². The summed E-state index contributed by atoms with van der Waals surface area (Å²) in [4.78, 5) is 15.7. The highest BCUT2D eigenvalue weighted by Gasteiger charge is 2.39. The summed E-state index contributed by atoms with van der Waals surface area (Å²) >= 11 is 0.374. The molecule has 11 heteroatoms. The quantitative estimate of drug-likeness (QED) is 0.646. The molecule has 0 saturated carbocycles. The third kappa shape index (κ3) is 3.66. The molecule has 0 bridgehead atoms. The molecule has 1 aromatic carbocycles. The Morgan fingerprint density at radius 2 is 1.88 bits per heavy atom. The lowest BCUT2D eigenvalue weighted by Crippen LogP contribution is -2.22. The maximum absolute atomic E-state index is 13.1. The van der Waals surface area contributed by atoms with Crippen LogP contribution in [0.25, 0.3) is 10.2 Å². The number of halogens is 6. The monoisotopic (exact) mass is 394 g/mol. The molecule has 4 nitrogen and oxygen atoms in total. The zero-order chi connectivity index (χ0) is 19.1. The van der Waals surface area contributed by atoms with Crippen LogP contribution in [0.5, 0.6) is 0 Å². The average molecular weight is 394 g/mol. The van der Waals surface area contributed by atoms with E-state index in [1.807, 2.05) is 0 Å². The van der Waals surface area contributed by atoms with Crippen molar-refractivity contribution >= 4 is 27.5 Å². The van der Waals surface area contributed by atoms with Crippen molar-refractivity contribution in [1.29, 1.82) is 0 Å². The smallest absolute Gasteiger partial charge is 0.417 e. The number of hydrogen-bond donors (Lipinski definition) is 1. The van der Waals surface area contributed by atoms with Crippen molar-refractivity contribution in [1.82, 2.24) is 10.3 Å². The van der Waals surface area contributed by atoms with Crippen LogP contribution in [0.3, 0.4) is 0 Å². The highest BCUT2D eigenvalue weighted by atomic mass is 32.1. The van der Waals surface area contributed by atoms with Gasteiger partial charge in [-0.05, 0) is 24.3 Å². The third-order valence-corrected chi connectivity index (χ3v) is 4.42. The molecule has 0 spiro atoms. The molecule has 0 radical (unpaired) electrons. The van der Waals surface area contributed by atoms with Gasteiger partial charge in [-0.1, -0.05) is 0 Å². The van der Waals surface area contributed by atoms with Gasteiger partial charge in [0.05, 0.1) is 34.2 Å². The van der Waals surface area contributed by atoms with E-state index in [0.29, 0.717) is 23.2 Å². The van der Waals surface area contributed by atoms with Gasteiger partial charge in [-0.25, -0.2) is 4.98 Å². The van der Waals surface area contributed by atoms with Crippen LogP contribution in [0.1, 0.15) is 26.7 Å². The maximum atomic E-state index is 13.1. The highest BCUT2D eigenvalue weighted by molar-refractivity contribution is 7.20. The first kappa shape index (κ1) is 18.2. The molecular formula is C15H8F6N2O2S. The van der Waals surface area contributed by atoms with Crippen LogP contribution >= 0.6 is 11.3 Å². The topological polar surface area (TPSA) is 55.1 Å². The Morgan fingerprint density at radius 3 is 2.46 bits per heavy atom. The number of nitrogens with zero attached hydrogens (tertiary/aromatic N) is 1. The largest absolute Gasteiger partial charge is 0.467 e. The van der Waals surface area contributed by atoms with E-state index < -0.39 is 39.6 Å². The second kappa shape index (κ2) is 6.31. The second-order valence-corrected chi connectivity index (χ2v) is 6.15. The number of carbonyl (C=O) groups is 1. The van der Waals surface area contributed by atoms with E-state index in [2.05, 4.69) is 10.3 Å². The van der Waals surface area contributed by atoms with Crippen molar-refractivity contribution in [2.75, 3.05) is 0 Å². The van der Waals surface area contributed by atoms with Crippen molar-refractivity contribution in [2.24, 2.45) is 0 Å². The number of furan rings is 1. The first-order valence-electron chi connectivity index (χ1n) is 6.95. The molecule has 0 aliphatic carbocycles. The lowest BCUT2D eigenvalue weighted by atomic mass is 10.1. The number of fused-ring (bicyclic) bond motifs is 1. The van der Waals surface area contributed by atoms with Crippen LogP contribution < -0.4 is 5.32 Å². The summed E-state index contributed by atoms with van der Waals surface area (Å²) in [5.74, 6) is -0.418. The number of hydrogen-bond acceptors (Lipinski definition) is 4. The summed E-state index contributed by atoms with van der Waals surface area (Å²) in [6.07, 6.45) is -8.62. The number of nitrogens with one attached hydrogen (secondary N) is 1. The number of alkyl halides is 6. The number of rotatable bonds is 3. The standard InChI is InChI=1S/C15H8F6N2O2S/c16-14(17,18)7-4-9(15(19,20)21)11-10(5-7)23-13(26-11)12(24)22-6-8-2-1-3-25-8/h1-5H,6H2,(H,22,24).